The molecule has 2 aromatic heterocycles. The lowest BCUT2D eigenvalue weighted by molar-refractivity contribution is -0.138. The third kappa shape index (κ3) is 7.37. The maximum atomic E-state index is 13.6. The molecule has 1 amide bonds. The van der Waals surface area contributed by atoms with Crippen molar-refractivity contribution in [2.24, 2.45) is 0 Å². The maximum Gasteiger partial charge on any atom is 0.323 e. The Balaban J connectivity index is 1.23. The van der Waals surface area contributed by atoms with Gasteiger partial charge in [-0.3, -0.25) is 9.59 Å². The molecule has 0 aliphatic carbocycles. The van der Waals surface area contributed by atoms with Gasteiger partial charge in [-0.2, -0.15) is 0 Å². The van der Waals surface area contributed by atoms with Gasteiger partial charge >= 0.3 is 5.97 Å². The van der Waals surface area contributed by atoms with Crippen molar-refractivity contribution in [3.05, 3.63) is 107 Å². The molecule has 1 unspecified atom stereocenters. The van der Waals surface area contributed by atoms with Gasteiger partial charge in [0, 0.05) is 4.88 Å². The number of benzene rings is 3. The van der Waals surface area contributed by atoms with Crippen LogP contribution in [0.1, 0.15) is 85.0 Å². The van der Waals surface area contributed by atoms with Crippen molar-refractivity contribution in [1.29, 1.82) is 0 Å². The van der Waals surface area contributed by atoms with Crippen molar-refractivity contribution >= 4 is 34.2 Å². The van der Waals surface area contributed by atoms with Crippen molar-refractivity contribution in [3.8, 4) is 16.2 Å². The third-order valence-electron chi connectivity index (χ3n) is 7.92. The van der Waals surface area contributed by atoms with E-state index in [1.165, 1.54) is 47.5 Å². The van der Waals surface area contributed by atoms with E-state index in [1.807, 2.05) is 54.6 Å². The minimum atomic E-state index is -1.08. The number of nitrogens with one attached hydrogen (secondary N) is 1. The summed E-state index contributed by atoms with van der Waals surface area (Å²) in [5.74, 6) is 0.588. The first-order valence-corrected chi connectivity index (χ1v) is 16.1. The Morgan fingerprint density at radius 2 is 1.64 bits per heavy atom. The number of aromatic nitrogens is 2. The number of H-pyrrole nitrogens is 1. The lowest BCUT2D eigenvalue weighted by Gasteiger charge is -2.25. The first-order valence-electron chi connectivity index (χ1n) is 15.3. The van der Waals surface area contributed by atoms with Gasteiger partial charge in [0.05, 0.1) is 22.0 Å². The highest BCUT2D eigenvalue weighted by Crippen LogP contribution is 2.32. The van der Waals surface area contributed by atoms with E-state index in [-0.39, 0.29) is 5.91 Å². The monoisotopic (exact) mass is 609 g/mol. The summed E-state index contributed by atoms with van der Waals surface area (Å²) in [6.07, 6.45) is 4.80. The van der Waals surface area contributed by atoms with E-state index >= 15 is 0 Å². The van der Waals surface area contributed by atoms with Crippen LogP contribution in [0.5, 0.6) is 5.75 Å². The van der Waals surface area contributed by atoms with Gasteiger partial charge in [-0.1, -0.05) is 75.2 Å². The van der Waals surface area contributed by atoms with Crippen LogP contribution in [-0.4, -0.2) is 38.4 Å². The number of carbonyl (C=O) groups excluding carboxylic acids is 1. The number of fused-ring (bicyclic) bond motifs is 1. The number of ether oxygens (including phenoxy) is 1. The molecule has 5 aromatic rings. The second kappa shape index (κ2) is 14.4. The molecule has 8 heteroatoms. The number of carboxylic acids is 1. The molecule has 0 saturated carbocycles. The zero-order valence-corrected chi connectivity index (χ0v) is 26.3. The molecule has 2 N–H and O–H groups in total. The summed E-state index contributed by atoms with van der Waals surface area (Å²) in [5.41, 5.74) is 5.02. The zero-order valence-electron chi connectivity index (χ0n) is 25.5. The van der Waals surface area contributed by atoms with Crippen LogP contribution in [0.2, 0.25) is 0 Å². The summed E-state index contributed by atoms with van der Waals surface area (Å²) in [5, 5.41) is 9.58. The minimum Gasteiger partial charge on any atom is -0.489 e. The quantitative estimate of drug-likeness (QED) is 0.131. The molecule has 0 bridgehead atoms. The fourth-order valence-electron chi connectivity index (χ4n) is 5.54. The summed E-state index contributed by atoms with van der Waals surface area (Å²) >= 11 is 1.35. The Labute approximate surface area is 262 Å². The predicted molar refractivity (Wildman–Crippen MR) is 176 cm³/mol. The number of para-hydroxylation sites is 2. The van der Waals surface area contributed by atoms with Crippen molar-refractivity contribution in [1.82, 2.24) is 14.9 Å². The Morgan fingerprint density at radius 3 is 2.30 bits per heavy atom. The molecule has 2 heterocycles. The summed E-state index contributed by atoms with van der Waals surface area (Å²) in [7, 11) is 0. The van der Waals surface area contributed by atoms with Gasteiger partial charge in [-0.05, 0) is 78.8 Å². The molecule has 7 nitrogen and oxygen atoms in total. The van der Waals surface area contributed by atoms with Crippen LogP contribution in [0.25, 0.3) is 21.5 Å². The number of aromatic amines is 1. The van der Waals surface area contributed by atoms with E-state index in [4.69, 9.17) is 4.74 Å². The van der Waals surface area contributed by atoms with Gasteiger partial charge < -0.3 is 19.7 Å². The highest BCUT2D eigenvalue weighted by atomic mass is 32.1. The van der Waals surface area contributed by atoms with Crippen molar-refractivity contribution < 1.29 is 19.4 Å². The molecule has 0 saturated heterocycles. The molecule has 3 aromatic carbocycles. The molecule has 5 rings (SSSR count). The van der Waals surface area contributed by atoms with Crippen LogP contribution in [0.15, 0.2) is 84.9 Å². The van der Waals surface area contributed by atoms with Crippen molar-refractivity contribution in [3.63, 3.8) is 0 Å². The normalized spacial score (nSPS) is 12.0. The van der Waals surface area contributed by atoms with Crippen LogP contribution in [0, 0.1) is 0 Å². The van der Waals surface area contributed by atoms with E-state index in [0.29, 0.717) is 23.2 Å². The number of hydrogen-bond acceptors (Lipinski definition) is 5. The molecule has 0 aliphatic heterocycles. The second-order valence-corrected chi connectivity index (χ2v) is 12.2. The topological polar surface area (TPSA) is 95.5 Å². The Kier molecular flexibility index (Phi) is 10.1. The SMILES string of the molecule is CCCC(CCC)c1ccc(OCc2ccc(-c3ccc(C(=O)N(CC(=O)O)C(C)c4nc5ccccc5[nH]4)s3)cc2)cc1. The van der Waals surface area contributed by atoms with Gasteiger partial charge in [-0.25, -0.2) is 4.98 Å². The van der Waals surface area contributed by atoms with E-state index in [1.54, 1.807) is 13.0 Å². The minimum absolute atomic E-state index is 0.344. The summed E-state index contributed by atoms with van der Waals surface area (Å²) in [4.78, 5) is 35.8. The number of thiophene rings is 1. The van der Waals surface area contributed by atoms with Crippen LogP contribution in [0.3, 0.4) is 0 Å². The predicted octanol–water partition coefficient (Wildman–Crippen LogP) is 8.84. The van der Waals surface area contributed by atoms with Crippen molar-refractivity contribution in [2.45, 2.75) is 65.0 Å². The van der Waals surface area contributed by atoms with Crippen molar-refractivity contribution in [2.75, 3.05) is 6.54 Å². The molecule has 1 atom stereocenters. The van der Waals surface area contributed by atoms with E-state index in [9.17, 15) is 14.7 Å². The number of carboxylic acid groups (broad SMARTS) is 1. The number of imidazole rings is 1. The Hall–Kier alpha value is -4.43. The van der Waals surface area contributed by atoms with Crippen LogP contribution in [-0.2, 0) is 11.4 Å². The number of aliphatic carboxylic acids is 1. The van der Waals surface area contributed by atoms with Crippen LogP contribution in [0.4, 0.5) is 0 Å². The molecular formula is C36H39N3O4S. The summed E-state index contributed by atoms with van der Waals surface area (Å²) < 4.78 is 6.06. The zero-order chi connectivity index (χ0) is 31.1. The highest BCUT2D eigenvalue weighted by Gasteiger charge is 2.28. The second-order valence-electron chi connectivity index (χ2n) is 11.1. The van der Waals surface area contributed by atoms with Gasteiger partial charge in [0.2, 0.25) is 0 Å². The molecule has 0 aliphatic rings. The number of hydrogen-bond donors (Lipinski definition) is 2. The fraction of sp³-hybridized carbons (Fsp3) is 0.306. The van der Waals surface area contributed by atoms with Crippen LogP contribution < -0.4 is 4.74 Å². The largest absolute Gasteiger partial charge is 0.489 e. The summed E-state index contributed by atoms with van der Waals surface area (Å²) in [6.45, 7) is 6.30. The smallest absolute Gasteiger partial charge is 0.323 e. The molecule has 44 heavy (non-hydrogen) atoms. The third-order valence-corrected chi connectivity index (χ3v) is 9.05. The van der Waals surface area contributed by atoms with E-state index < -0.39 is 18.6 Å². The number of carbonyl (C=O) groups is 2. The summed E-state index contributed by atoms with van der Waals surface area (Å²) in [6, 6.07) is 27.3. The standard InChI is InChI=1S/C36H39N3O4S/c1-4-8-26(9-5-2)27-16-18-29(19-17-27)43-23-25-12-14-28(15-13-25)32-20-21-33(44-32)36(42)39(22-34(40)41)24(3)35-37-30-10-6-7-11-31(30)38-35/h6-7,10-21,24,26H,4-5,8-9,22-23H2,1-3H3,(H,37,38)(H,40,41). The number of nitrogens with zero attached hydrogens (tertiary/aromatic N) is 2. The lowest BCUT2D eigenvalue weighted by Crippen LogP contribution is -2.37. The molecule has 0 fully saturated rings. The maximum absolute atomic E-state index is 13.6. The van der Waals surface area contributed by atoms with E-state index in [0.717, 1.165) is 32.8 Å². The number of rotatable bonds is 14. The molecular weight excluding hydrogens is 570 g/mol. The first kappa shape index (κ1) is 31.0. The average molecular weight is 610 g/mol. The number of amides is 1. The van der Waals surface area contributed by atoms with E-state index in [2.05, 4.69) is 48.1 Å². The Morgan fingerprint density at radius 1 is 0.932 bits per heavy atom. The fourth-order valence-corrected chi connectivity index (χ4v) is 6.51. The Bertz CT molecular complexity index is 1650. The highest BCUT2D eigenvalue weighted by molar-refractivity contribution is 7.17. The van der Waals surface area contributed by atoms with Gasteiger partial charge in [-0.15, -0.1) is 11.3 Å². The average Bonchev–Trinajstić information content (AvgIpc) is 3.71. The molecule has 0 radical (unpaired) electrons. The molecule has 228 valence electrons. The van der Waals surface area contributed by atoms with Gasteiger partial charge in [0.15, 0.2) is 0 Å². The lowest BCUT2D eigenvalue weighted by atomic mass is 9.90. The van der Waals surface area contributed by atoms with Gasteiger partial charge in [0.25, 0.3) is 5.91 Å². The van der Waals surface area contributed by atoms with Gasteiger partial charge in [0.1, 0.15) is 24.7 Å². The molecule has 0 spiro atoms. The van der Waals surface area contributed by atoms with Crippen LogP contribution >= 0.6 is 11.3 Å². The first-order chi connectivity index (χ1) is 21.4.